The molecule has 0 aromatic carbocycles. The first-order valence-electron chi connectivity index (χ1n) is 4.87. The number of sulfone groups is 1. The Morgan fingerprint density at radius 3 is 2.31 bits per heavy atom. The minimum Gasteiger partial charge on any atom is -0.300 e. The zero-order valence-electron chi connectivity index (χ0n) is 8.28. The van der Waals surface area contributed by atoms with Gasteiger partial charge in [0.25, 0.3) is 0 Å². The highest BCUT2D eigenvalue weighted by Gasteiger charge is 2.50. The van der Waals surface area contributed by atoms with Crippen molar-refractivity contribution in [1.82, 2.24) is 4.90 Å². The molecule has 2 saturated heterocycles. The van der Waals surface area contributed by atoms with Crippen LogP contribution in [-0.4, -0.2) is 44.0 Å². The molecule has 2 rings (SSSR count). The van der Waals surface area contributed by atoms with Gasteiger partial charge in [0.15, 0.2) is 9.84 Å². The van der Waals surface area contributed by atoms with Gasteiger partial charge in [0.2, 0.25) is 0 Å². The van der Waals surface area contributed by atoms with E-state index >= 15 is 0 Å². The molecule has 0 atom stereocenters. The predicted octanol–water partition coefficient (Wildman–Crippen LogP) is 0.515. The predicted molar refractivity (Wildman–Crippen MR) is 52.4 cm³/mol. The smallest absolute Gasteiger partial charge is 0.150 e. The third-order valence-electron chi connectivity index (χ3n) is 3.28. The summed E-state index contributed by atoms with van der Waals surface area (Å²) in [6, 6.07) is 0.564. The molecule has 2 fully saturated rings. The van der Waals surface area contributed by atoms with Gasteiger partial charge >= 0.3 is 0 Å². The summed E-state index contributed by atoms with van der Waals surface area (Å²) in [5.74, 6) is 0.849. The van der Waals surface area contributed by atoms with Crippen molar-refractivity contribution in [3.63, 3.8) is 0 Å². The monoisotopic (exact) mass is 203 g/mol. The van der Waals surface area contributed by atoms with Crippen LogP contribution in [0.5, 0.6) is 0 Å². The highest BCUT2D eigenvalue weighted by atomic mass is 32.2. The van der Waals surface area contributed by atoms with E-state index < -0.39 is 9.84 Å². The molecule has 1 spiro atoms. The molecule has 2 aliphatic heterocycles. The highest BCUT2D eigenvalue weighted by molar-refractivity contribution is 7.91. The fourth-order valence-electron chi connectivity index (χ4n) is 2.41. The van der Waals surface area contributed by atoms with Crippen molar-refractivity contribution in [2.75, 3.05) is 24.6 Å². The van der Waals surface area contributed by atoms with Crippen LogP contribution in [0.2, 0.25) is 0 Å². The van der Waals surface area contributed by atoms with Gasteiger partial charge in [-0.05, 0) is 20.3 Å². The van der Waals surface area contributed by atoms with Gasteiger partial charge in [-0.25, -0.2) is 8.42 Å². The van der Waals surface area contributed by atoms with Crippen LogP contribution in [0.15, 0.2) is 0 Å². The maximum Gasteiger partial charge on any atom is 0.150 e. The number of hydrogen-bond acceptors (Lipinski definition) is 3. The lowest BCUT2D eigenvalue weighted by atomic mass is 9.79. The lowest BCUT2D eigenvalue weighted by Crippen LogP contribution is -2.59. The summed E-state index contributed by atoms with van der Waals surface area (Å²) in [5, 5.41) is 0. The van der Waals surface area contributed by atoms with Crippen LogP contribution in [-0.2, 0) is 9.84 Å². The van der Waals surface area contributed by atoms with Gasteiger partial charge in [0.1, 0.15) is 0 Å². The molecule has 2 heterocycles. The SMILES string of the molecule is CC(C)N1CC2(CCS(=O)(=O)C2)C1. The zero-order chi connectivity index (χ0) is 9.69. The lowest BCUT2D eigenvalue weighted by Gasteiger charge is -2.49. The second kappa shape index (κ2) is 2.70. The molecule has 0 bridgehead atoms. The van der Waals surface area contributed by atoms with E-state index in [0.29, 0.717) is 17.5 Å². The fourth-order valence-corrected chi connectivity index (χ4v) is 4.56. The zero-order valence-corrected chi connectivity index (χ0v) is 9.10. The Morgan fingerprint density at radius 2 is 1.92 bits per heavy atom. The maximum atomic E-state index is 11.3. The summed E-state index contributed by atoms with van der Waals surface area (Å²) < 4.78 is 22.6. The van der Waals surface area contributed by atoms with Crippen molar-refractivity contribution >= 4 is 9.84 Å². The average molecular weight is 203 g/mol. The van der Waals surface area contributed by atoms with Crippen molar-refractivity contribution in [2.45, 2.75) is 26.3 Å². The molecule has 13 heavy (non-hydrogen) atoms. The quantitative estimate of drug-likeness (QED) is 0.623. The van der Waals surface area contributed by atoms with E-state index in [1.165, 1.54) is 0 Å². The van der Waals surface area contributed by atoms with Crippen LogP contribution >= 0.6 is 0 Å². The maximum absolute atomic E-state index is 11.3. The molecule has 3 nitrogen and oxygen atoms in total. The molecule has 4 heteroatoms. The van der Waals surface area contributed by atoms with Gasteiger partial charge in [-0.3, -0.25) is 4.90 Å². The van der Waals surface area contributed by atoms with Gasteiger partial charge in [-0.1, -0.05) is 0 Å². The molecule has 0 radical (unpaired) electrons. The molecule has 0 aromatic heterocycles. The van der Waals surface area contributed by atoms with E-state index in [1.54, 1.807) is 0 Å². The van der Waals surface area contributed by atoms with Crippen molar-refractivity contribution in [3.8, 4) is 0 Å². The van der Waals surface area contributed by atoms with E-state index in [9.17, 15) is 8.42 Å². The number of likely N-dealkylation sites (tertiary alicyclic amines) is 1. The third kappa shape index (κ3) is 1.62. The average Bonchev–Trinajstić information content (AvgIpc) is 2.22. The topological polar surface area (TPSA) is 37.4 Å². The second-order valence-electron chi connectivity index (χ2n) is 4.84. The Morgan fingerprint density at radius 1 is 1.31 bits per heavy atom. The summed E-state index contributed by atoms with van der Waals surface area (Å²) in [6.07, 6.45) is 0.887. The second-order valence-corrected chi connectivity index (χ2v) is 7.02. The van der Waals surface area contributed by atoms with Gasteiger partial charge in [0.05, 0.1) is 11.5 Å². The number of rotatable bonds is 1. The standard InChI is InChI=1S/C9H17NO2S/c1-8(2)10-5-9(6-10)3-4-13(11,12)7-9/h8H,3-7H2,1-2H3. The Kier molecular flexibility index (Phi) is 1.97. The van der Waals surface area contributed by atoms with Crippen LogP contribution in [0.1, 0.15) is 20.3 Å². The van der Waals surface area contributed by atoms with Crippen LogP contribution in [0.4, 0.5) is 0 Å². The fraction of sp³-hybridized carbons (Fsp3) is 1.00. The van der Waals surface area contributed by atoms with Crippen molar-refractivity contribution in [2.24, 2.45) is 5.41 Å². The van der Waals surface area contributed by atoms with E-state index in [-0.39, 0.29) is 5.41 Å². The summed E-state index contributed by atoms with van der Waals surface area (Å²) in [7, 11) is -2.69. The molecular formula is C9H17NO2S. The summed E-state index contributed by atoms with van der Waals surface area (Å²) in [4.78, 5) is 2.35. The molecule has 0 amide bonds. The Balaban J connectivity index is 1.99. The third-order valence-corrected chi connectivity index (χ3v) is 5.16. The van der Waals surface area contributed by atoms with E-state index in [2.05, 4.69) is 18.7 Å². The molecule has 0 N–H and O–H groups in total. The highest BCUT2D eigenvalue weighted by Crippen LogP contribution is 2.41. The molecular weight excluding hydrogens is 186 g/mol. The first-order chi connectivity index (χ1) is 5.93. The van der Waals surface area contributed by atoms with Crippen molar-refractivity contribution in [3.05, 3.63) is 0 Å². The minimum absolute atomic E-state index is 0.142. The van der Waals surface area contributed by atoms with Crippen LogP contribution in [0.3, 0.4) is 0 Å². The summed E-state index contributed by atoms with van der Waals surface area (Å²) in [5.41, 5.74) is 0.142. The molecule has 2 aliphatic rings. The minimum atomic E-state index is -2.69. The van der Waals surface area contributed by atoms with E-state index in [1.807, 2.05) is 0 Å². The summed E-state index contributed by atoms with van der Waals surface area (Å²) in [6.45, 7) is 6.31. The van der Waals surface area contributed by atoms with E-state index in [4.69, 9.17) is 0 Å². The molecule has 0 saturated carbocycles. The Labute approximate surface area is 80.0 Å². The van der Waals surface area contributed by atoms with Crippen molar-refractivity contribution < 1.29 is 8.42 Å². The molecule has 0 aliphatic carbocycles. The Bertz CT molecular complexity index is 302. The first kappa shape index (κ1) is 9.46. The molecule has 0 aromatic rings. The van der Waals surface area contributed by atoms with Gasteiger partial charge in [0, 0.05) is 24.5 Å². The van der Waals surface area contributed by atoms with Crippen LogP contribution < -0.4 is 0 Å². The van der Waals surface area contributed by atoms with Crippen molar-refractivity contribution in [1.29, 1.82) is 0 Å². The van der Waals surface area contributed by atoms with Gasteiger partial charge < -0.3 is 0 Å². The Hall–Kier alpha value is -0.0900. The number of hydrogen-bond donors (Lipinski definition) is 0. The largest absolute Gasteiger partial charge is 0.300 e. The molecule has 76 valence electrons. The van der Waals surface area contributed by atoms with Gasteiger partial charge in [-0.15, -0.1) is 0 Å². The lowest BCUT2D eigenvalue weighted by molar-refractivity contribution is -0.00253. The molecule has 0 unspecified atom stereocenters. The van der Waals surface area contributed by atoms with E-state index in [0.717, 1.165) is 19.5 Å². The normalized spacial score (nSPS) is 31.0. The number of nitrogens with zero attached hydrogens (tertiary/aromatic N) is 1. The summed E-state index contributed by atoms with van der Waals surface area (Å²) >= 11 is 0. The van der Waals surface area contributed by atoms with Gasteiger partial charge in [-0.2, -0.15) is 0 Å². The van der Waals surface area contributed by atoms with Crippen LogP contribution in [0.25, 0.3) is 0 Å². The first-order valence-corrected chi connectivity index (χ1v) is 6.69. The van der Waals surface area contributed by atoms with Crippen LogP contribution in [0, 0.1) is 5.41 Å².